The standard InChI is InChI=1S/C10H8F5NO4/c1-18-5-3-4(7(11)12)6(9(17)19-2)16-8(5)20-10(13,14)15/h3,7H,1-2H3. The largest absolute Gasteiger partial charge is 0.574 e. The Morgan fingerprint density at radius 3 is 2.30 bits per heavy atom. The molecule has 0 aliphatic rings. The maximum atomic E-state index is 12.7. The second-order valence-corrected chi connectivity index (χ2v) is 3.27. The first-order valence-electron chi connectivity index (χ1n) is 4.90. The predicted octanol–water partition coefficient (Wildman–Crippen LogP) is 2.71. The van der Waals surface area contributed by atoms with Crippen LogP contribution in [-0.2, 0) is 4.74 Å². The summed E-state index contributed by atoms with van der Waals surface area (Å²) in [7, 11) is 1.81. The van der Waals surface area contributed by atoms with E-state index in [0.717, 1.165) is 14.2 Å². The molecule has 1 aromatic heterocycles. The molecule has 0 aliphatic heterocycles. The van der Waals surface area contributed by atoms with Crippen molar-refractivity contribution in [2.75, 3.05) is 14.2 Å². The fourth-order valence-electron chi connectivity index (χ4n) is 1.25. The van der Waals surface area contributed by atoms with Crippen LogP contribution in [0.1, 0.15) is 22.5 Å². The number of esters is 1. The first-order valence-corrected chi connectivity index (χ1v) is 4.90. The molecule has 5 nitrogen and oxygen atoms in total. The summed E-state index contributed by atoms with van der Waals surface area (Å²) in [5.74, 6) is -3.18. The lowest BCUT2D eigenvalue weighted by Gasteiger charge is -2.14. The molecule has 0 atom stereocenters. The predicted molar refractivity (Wildman–Crippen MR) is 53.8 cm³/mol. The zero-order chi connectivity index (χ0) is 15.5. The number of halogens is 5. The summed E-state index contributed by atoms with van der Waals surface area (Å²) in [5.41, 5.74) is -1.91. The van der Waals surface area contributed by atoms with Gasteiger partial charge in [-0.1, -0.05) is 0 Å². The summed E-state index contributed by atoms with van der Waals surface area (Å²) in [6, 6.07) is 0.533. The number of aromatic nitrogens is 1. The lowest BCUT2D eigenvalue weighted by molar-refractivity contribution is -0.276. The van der Waals surface area contributed by atoms with Gasteiger partial charge in [0.15, 0.2) is 11.4 Å². The Labute approximate surface area is 109 Å². The van der Waals surface area contributed by atoms with Crippen molar-refractivity contribution in [1.29, 1.82) is 0 Å². The van der Waals surface area contributed by atoms with Crippen molar-refractivity contribution < 1.29 is 41.0 Å². The second-order valence-electron chi connectivity index (χ2n) is 3.27. The maximum absolute atomic E-state index is 12.7. The first kappa shape index (κ1) is 15.9. The van der Waals surface area contributed by atoms with Crippen LogP contribution in [0.3, 0.4) is 0 Å². The van der Waals surface area contributed by atoms with E-state index in [4.69, 9.17) is 0 Å². The third kappa shape index (κ3) is 3.68. The third-order valence-electron chi connectivity index (χ3n) is 2.03. The minimum atomic E-state index is -5.12. The third-order valence-corrected chi connectivity index (χ3v) is 2.03. The molecule has 0 N–H and O–H groups in total. The zero-order valence-electron chi connectivity index (χ0n) is 10.1. The van der Waals surface area contributed by atoms with E-state index < -0.39 is 41.6 Å². The highest BCUT2D eigenvalue weighted by Crippen LogP contribution is 2.35. The Morgan fingerprint density at radius 1 is 1.30 bits per heavy atom. The van der Waals surface area contributed by atoms with Crippen LogP contribution in [0.5, 0.6) is 11.6 Å². The van der Waals surface area contributed by atoms with Gasteiger partial charge >= 0.3 is 12.3 Å². The Kier molecular flexibility index (Phi) is 4.69. The van der Waals surface area contributed by atoms with Crippen molar-refractivity contribution in [2.24, 2.45) is 0 Å². The summed E-state index contributed by atoms with van der Waals surface area (Å²) in [6.45, 7) is 0. The fourth-order valence-corrected chi connectivity index (χ4v) is 1.25. The molecule has 0 spiro atoms. The van der Waals surface area contributed by atoms with Gasteiger partial charge in [-0.2, -0.15) is 0 Å². The van der Waals surface area contributed by atoms with Gasteiger partial charge in [0.25, 0.3) is 12.3 Å². The number of methoxy groups -OCH3 is 2. The van der Waals surface area contributed by atoms with Gasteiger partial charge in [0.1, 0.15) is 0 Å². The van der Waals surface area contributed by atoms with Gasteiger partial charge in [-0.25, -0.2) is 18.6 Å². The van der Waals surface area contributed by atoms with Crippen LogP contribution in [-0.4, -0.2) is 31.5 Å². The Bertz CT molecular complexity index is 503. The molecule has 10 heteroatoms. The van der Waals surface area contributed by atoms with Gasteiger partial charge in [-0.15, -0.1) is 13.2 Å². The second kappa shape index (κ2) is 5.88. The van der Waals surface area contributed by atoms with E-state index in [-0.39, 0.29) is 0 Å². The highest BCUT2D eigenvalue weighted by molar-refractivity contribution is 5.89. The molecule has 0 bridgehead atoms. The van der Waals surface area contributed by atoms with Crippen molar-refractivity contribution in [3.8, 4) is 11.6 Å². The molecule has 0 fully saturated rings. The Hall–Kier alpha value is -2.13. The number of carbonyl (C=O) groups excluding carboxylic acids is 1. The fraction of sp³-hybridized carbons (Fsp3) is 0.400. The number of rotatable bonds is 4. The normalized spacial score (nSPS) is 11.4. The Morgan fingerprint density at radius 2 is 1.90 bits per heavy atom. The monoisotopic (exact) mass is 301 g/mol. The van der Waals surface area contributed by atoms with Crippen molar-refractivity contribution in [3.05, 3.63) is 17.3 Å². The SMILES string of the molecule is COC(=O)c1nc(OC(F)(F)F)c(OC)cc1C(F)F. The molecule has 1 heterocycles. The van der Waals surface area contributed by atoms with E-state index in [2.05, 4.69) is 19.2 Å². The van der Waals surface area contributed by atoms with Crippen molar-refractivity contribution in [1.82, 2.24) is 4.98 Å². The molecule has 0 saturated carbocycles. The van der Waals surface area contributed by atoms with Crippen molar-refractivity contribution >= 4 is 5.97 Å². The number of pyridine rings is 1. The zero-order valence-corrected chi connectivity index (χ0v) is 10.1. The molecular formula is C10H8F5NO4. The van der Waals surface area contributed by atoms with Crippen LogP contribution >= 0.6 is 0 Å². The van der Waals surface area contributed by atoms with E-state index >= 15 is 0 Å². The van der Waals surface area contributed by atoms with Crippen LogP contribution in [0, 0.1) is 0 Å². The number of nitrogens with zero attached hydrogens (tertiary/aromatic N) is 1. The summed E-state index contributed by atoms with van der Waals surface area (Å²) in [5, 5.41) is 0. The molecule has 0 amide bonds. The van der Waals surface area contributed by atoms with E-state index in [9.17, 15) is 26.7 Å². The van der Waals surface area contributed by atoms with Gasteiger partial charge in [0.05, 0.1) is 19.8 Å². The summed E-state index contributed by atoms with van der Waals surface area (Å²) >= 11 is 0. The lowest BCUT2D eigenvalue weighted by Crippen LogP contribution is -2.20. The number of ether oxygens (including phenoxy) is 3. The molecule has 1 rings (SSSR count). The van der Waals surface area contributed by atoms with Crippen LogP contribution in [0.2, 0.25) is 0 Å². The van der Waals surface area contributed by atoms with Gasteiger partial charge in [0, 0.05) is 0 Å². The number of hydrogen-bond donors (Lipinski definition) is 0. The van der Waals surface area contributed by atoms with Crippen LogP contribution in [0.25, 0.3) is 0 Å². The molecule has 0 saturated heterocycles. The Balaban J connectivity index is 3.41. The molecule has 0 radical (unpaired) electrons. The number of hydrogen-bond acceptors (Lipinski definition) is 5. The van der Waals surface area contributed by atoms with E-state index in [1.807, 2.05) is 0 Å². The molecule has 112 valence electrons. The van der Waals surface area contributed by atoms with E-state index in [1.54, 1.807) is 0 Å². The smallest absolute Gasteiger partial charge is 0.491 e. The van der Waals surface area contributed by atoms with Crippen molar-refractivity contribution in [3.63, 3.8) is 0 Å². The molecule has 1 aromatic rings. The molecular weight excluding hydrogens is 293 g/mol. The first-order chi connectivity index (χ1) is 9.19. The summed E-state index contributed by atoms with van der Waals surface area (Å²) in [4.78, 5) is 14.4. The average molecular weight is 301 g/mol. The van der Waals surface area contributed by atoms with E-state index in [0.29, 0.717) is 6.07 Å². The summed E-state index contributed by atoms with van der Waals surface area (Å²) < 4.78 is 74.1. The maximum Gasteiger partial charge on any atom is 0.574 e. The lowest BCUT2D eigenvalue weighted by atomic mass is 10.2. The highest BCUT2D eigenvalue weighted by Gasteiger charge is 2.35. The van der Waals surface area contributed by atoms with Crippen molar-refractivity contribution in [2.45, 2.75) is 12.8 Å². The molecule has 0 aliphatic carbocycles. The van der Waals surface area contributed by atoms with Crippen LogP contribution in [0.4, 0.5) is 22.0 Å². The average Bonchev–Trinajstić information content (AvgIpc) is 2.35. The minimum absolute atomic E-state index is 0.533. The topological polar surface area (TPSA) is 57.7 Å². The van der Waals surface area contributed by atoms with Crippen LogP contribution in [0.15, 0.2) is 6.07 Å². The number of alkyl halides is 5. The minimum Gasteiger partial charge on any atom is -0.491 e. The van der Waals surface area contributed by atoms with Crippen LogP contribution < -0.4 is 9.47 Å². The molecule has 0 unspecified atom stereocenters. The quantitative estimate of drug-likeness (QED) is 0.632. The van der Waals surface area contributed by atoms with Gasteiger partial charge in [-0.3, -0.25) is 0 Å². The molecule has 0 aromatic carbocycles. The number of carbonyl (C=O) groups is 1. The summed E-state index contributed by atoms with van der Waals surface area (Å²) in [6.07, 6.45) is -8.29. The highest BCUT2D eigenvalue weighted by atomic mass is 19.4. The molecule has 20 heavy (non-hydrogen) atoms. The van der Waals surface area contributed by atoms with E-state index in [1.165, 1.54) is 0 Å². The van der Waals surface area contributed by atoms with Gasteiger partial charge < -0.3 is 14.2 Å². The van der Waals surface area contributed by atoms with Gasteiger partial charge in [-0.05, 0) is 6.07 Å². The van der Waals surface area contributed by atoms with Gasteiger partial charge in [0.2, 0.25) is 0 Å².